The number of pyridine rings is 1. The van der Waals surface area contributed by atoms with Crippen LogP contribution in [0.25, 0.3) is 11.0 Å². The molecule has 0 spiro atoms. The molecule has 0 bridgehead atoms. The smallest absolute Gasteiger partial charge is 0.262 e. The highest BCUT2D eigenvalue weighted by Gasteiger charge is 2.18. The molecular weight excluding hydrogens is 456 g/mol. The summed E-state index contributed by atoms with van der Waals surface area (Å²) in [5.41, 5.74) is 2.98. The Labute approximate surface area is 198 Å². The summed E-state index contributed by atoms with van der Waals surface area (Å²) in [6, 6.07) is 7.89. The van der Waals surface area contributed by atoms with E-state index in [1.165, 1.54) is 24.3 Å². The van der Waals surface area contributed by atoms with Crippen LogP contribution < -0.4 is 14.8 Å². The average molecular weight is 485 g/mol. The first-order valence-electron chi connectivity index (χ1n) is 11.1. The second kappa shape index (κ2) is 9.80. The number of sulfonamides is 1. The molecule has 1 aromatic carbocycles. The summed E-state index contributed by atoms with van der Waals surface area (Å²) in [6.45, 7) is 4.24. The van der Waals surface area contributed by atoms with Crippen LogP contribution in [0.1, 0.15) is 36.9 Å². The number of hydrogen-bond donors (Lipinski definition) is 2. The van der Waals surface area contributed by atoms with Gasteiger partial charge in [0.15, 0.2) is 12.3 Å². The maximum atomic E-state index is 12.6. The van der Waals surface area contributed by atoms with Crippen molar-refractivity contribution in [2.24, 2.45) is 12.0 Å². The third-order valence-corrected chi connectivity index (χ3v) is 6.90. The maximum absolute atomic E-state index is 12.6. The number of aryl methyl sites for hydroxylation is 3. The van der Waals surface area contributed by atoms with Crippen molar-refractivity contribution in [3.63, 3.8) is 0 Å². The molecule has 1 aliphatic rings. The second-order valence-corrected chi connectivity index (χ2v) is 10.00. The number of fused-ring (bicyclic) bond motifs is 1. The van der Waals surface area contributed by atoms with Crippen LogP contribution in [0.5, 0.6) is 5.88 Å². The molecule has 3 heterocycles. The lowest BCUT2D eigenvalue weighted by molar-refractivity contribution is -0.118. The van der Waals surface area contributed by atoms with Gasteiger partial charge in [0.1, 0.15) is 5.84 Å². The van der Waals surface area contributed by atoms with Gasteiger partial charge in [0.25, 0.3) is 15.9 Å². The zero-order valence-electron chi connectivity index (χ0n) is 19.5. The van der Waals surface area contributed by atoms with Crippen LogP contribution in [0.15, 0.2) is 40.2 Å². The Hall–Kier alpha value is -3.47. The fraction of sp³-hybridized carbons (Fsp3) is 0.391. The average Bonchev–Trinajstić information content (AvgIpc) is 2.93. The number of rotatable bonds is 6. The quantitative estimate of drug-likeness (QED) is 0.554. The molecule has 0 aliphatic carbocycles. The largest absolute Gasteiger partial charge is 0.466 e. The van der Waals surface area contributed by atoms with E-state index in [2.05, 4.69) is 25.1 Å². The number of nitrogens with zero attached hydrogens (tertiary/aromatic N) is 4. The minimum absolute atomic E-state index is 0.104. The van der Waals surface area contributed by atoms with E-state index in [0.717, 1.165) is 35.9 Å². The second-order valence-electron chi connectivity index (χ2n) is 8.31. The van der Waals surface area contributed by atoms with Gasteiger partial charge in [-0.3, -0.25) is 14.5 Å². The molecule has 10 nitrogen and oxygen atoms in total. The molecule has 34 heavy (non-hydrogen) atoms. The number of nitrogens with one attached hydrogen (secondary N) is 2. The predicted molar refractivity (Wildman–Crippen MR) is 130 cm³/mol. The fourth-order valence-corrected chi connectivity index (χ4v) is 4.96. The van der Waals surface area contributed by atoms with E-state index >= 15 is 0 Å². The number of amides is 1. The van der Waals surface area contributed by atoms with Crippen LogP contribution in [0.3, 0.4) is 0 Å². The van der Waals surface area contributed by atoms with E-state index in [4.69, 9.17) is 4.74 Å². The molecule has 2 N–H and O–H groups in total. The predicted octanol–water partition coefficient (Wildman–Crippen LogP) is 2.85. The Bertz CT molecular complexity index is 1350. The highest BCUT2D eigenvalue weighted by Crippen LogP contribution is 2.27. The number of carbonyl (C=O) groups is 1. The van der Waals surface area contributed by atoms with Gasteiger partial charge in [-0.15, -0.1) is 5.10 Å². The first-order chi connectivity index (χ1) is 16.2. The molecule has 2 aromatic heterocycles. The molecule has 1 amide bonds. The summed E-state index contributed by atoms with van der Waals surface area (Å²) >= 11 is 0. The number of amidine groups is 1. The lowest BCUT2D eigenvalue weighted by Crippen LogP contribution is -2.30. The SMILES string of the molecule is Cc1cc(C)c2c(OCC(=O)Nc3ccc(S(=O)(=O)NC4=NCCCCC4)cc3)nn(C)c2n1. The molecule has 0 fully saturated rings. The van der Waals surface area contributed by atoms with Gasteiger partial charge < -0.3 is 10.1 Å². The van der Waals surface area contributed by atoms with Crippen LogP contribution in [-0.4, -0.2) is 48.1 Å². The third-order valence-electron chi connectivity index (χ3n) is 5.50. The number of benzene rings is 1. The first kappa shape index (κ1) is 23.7. The maximum Gasteiger partial charge on any atom is 0.262 e. The van der Waals surface area contributed by atoms with Gasteiger partial charge in [0.05, 0.1) is 10.3 Å². The van der Waals surface area contributed by atoms with Crippen molar-refractivity contribution in [2.75, 3.05) is 18.5 Å². The van der Waals surface area contributed by atoms with Crippen molar-refractivity contribution in [2.45, 2.75) is 44.4 Å². The van der Waals surface area contributed by atoms with Crippen molar-refractivity contribution in [3.8, 4) is 5.88 Å². The molecule has 0 saturated carbocycles. The summed E-state index contributed by atoms with van der Waals surface area (Å²) in [5, 5.41) is 7.80. The van der Waals surface area contributed by atoms with Crippen molar-refractivity contribution < 1.29 is 17.9 Å². The molecular formula is C23H28N6O4S. The summed E-state index contributed by atoms with van der Waals surface area (Å²) < 4.78 is 35.2. The summed E-state index contributed by atoms with van der Waals surface area (Å²) in [7, 11) is -1.96. The molecule has 3 aromatic rings. The van der Waals surface area contributed by atoms with E-state index in [1.807, 2.05) is 19.9 Å². The Balaban J connectivity index is 1.38. The molecule has 11 heteroatoms. The Morgan fingerprint density at radius 3 is 2.68 bits per heavy atom. The highest BCUT2D eigenvalue weighted by atomic mass is 32.2. The third kappa shape index (κ3) is 5.36. The first-order valence-corrected chi connectivity index (χ1v) is 12.6. The molecule has 0 saturated heterocycles. The van der Waals surface area contributed by atoms with Crippen LogP contribution in [0.2, 0.25) is 0 Å². The Morgan fingerprint density at radius 1 is 1.15 bits per heavy atom. The normalized spacial score (nSPS) is 14.4. The van der Waals surface area contributed by atoms with Crippen LogP contribution in [0, 0.1) is 13.8 Å². The molecule has 4 rings (SSSR count). The molecule has 0 unspecified atom stereocenters. The number of carbonyl (C=O) groups excluding carboxylic acids is 1. The monoisotopic (exact) mass is 484 g/mol. The standard InChI is InChI=1S/C23H28N6O4S/c1-15-13-16(2)25-22-21(15)23(27-29(22)3)33-14-20(30)26-17-8-10-18(11-9-17)34(31,32)28-19-7-5-4-6-12-24-19/h8-11,13H,4-7,12,14H2,1-3H3,(H,24,28)(H,26,30). The van der Waals surface area contributed by atoms with Crippen molar-refractivity contribution in [3.05, 3.63) is 41.6 Å². The zero-order valence-corrected chi connectivity index (χ0v) is 20.3. The van der Waals surface area contributed by atoms with Gasteiger partial charge in [-0.2, -0.15) is 0 Å². The van der Waals surface area contributed by atoms with E-state index in [9.17, 15) is 13.2 Å². The number of anilines is 1. The van der Waals surface area contributed by atoms with E-state index in [1.54, 1.807) is 11.7 Å². The van der Waals surface area contributed by atoms with Gasteiger partial charge in [-0.25, -0.2) is 18.1 Å². The zero-order chi connectivity index (χ0) is 24.3. The van der Waals surface area contributed by atoms with Gasteiger partial charge in [-0.1, -0.05) is 6.42 Å². The van der Waals surface area contributed by atoms with Gasteiger partial charge in [0, 0.05) is 31.4 Å². The number of ether oxygens (including phenoxy) is 1. The Morgan fingerprint density at radius 2 is 1.91 bits per heavy atom. The molecule has 0 radical (unpaired) electrons. The van der Waals surface area contributed by atoms with Gasteiger partial charge in [0.2, 0.25) is 5.88 Å². The van der Waals surface area contributed by atoms with Crippen molar-refractivity contribution >= 4 is 38.5 Å². The van der Waals surface area contributed by atoms with E-state index < -0.39 is 15.9 Å². The van der Waals surface area contributed by atoms with Crippen LogP contribution in [0.4, 0.5) is 5.69 Å². The topological polar surface area (TPSA) is 128 Å². The van der Waals surface area contributed by atoms with Crippen LogP contribution >= 0.6 is 0 Å². The minimum atomic E-state index is -3.73. The lowest BCUT2D eigenvalue weighted by atomic mass is 10.2. The minimum Gasteiger partial charge on any atom is -0.466 e. The summed E-state index contributed by atoms with van der Waals surface area (Å²) in [4.78, 5) is 21.3. The number of hydrogen-bond acceptors (Lipinski definition) is 7. The van der Waals surface area contributed by atoms with E-state index in [0.29, 0.717) is 36.0 Å². The number of aromatic nitrogens is 3. The molecule has 1 aliphatic heterocycles. The molecule has 0 atom stereocenters. The lowest BCUT2D eigenvalue weighted by Gasteiger charge is -2.11. The summed E-state index contributed by atoms with van der Waals surface area (Å²) in [6.07, 6.45) is 3.54. The summed E-state index contributed by atoms with van der Waals surface area (Å²) in [5.74, 6) is 0.444. The highest BCUT2D eigenvalue weighted by molar-refractivity contribution is 7.90. The van der Waals surface area contributed by atoms with E-state index in [-0.39, 0.29) is 11.5 Å². The van der Waals surface area contributed by atoms with Gasteiger partial charge >= 0.3 is 0 Å². The number of aliphatic imine (C=N–C) groups is 1. The fourth-order valence-electron chi connectivity index (χ4n) is 3.87. The van der Waals surface area contributed by atoms with Gasteiger partial charge in [-0.05, 0) is 62.6 Å². The van der Waals surface area contributed by atoms with Crippen molar-refractivity contribution in [1.29, 1.82) is 0 Å². The van der Waals surface area contributed by atoms with Crippen molar-refractivity contribution in [1.82, 2.24) is 19.5 Å². The molecule has 180 valence electrons. The van der Waals surface area contributed by atoms with Crippen LogP contribution in [-0.2, 0) is 21.9 Å². The Kier molecular flexibility index (Phi) is 6.82.